The predicted molar refractivity (Wildman–Crippen MR) is 84.1 cm³/mol. The van der Waals surface area contributed by atoms with Gasteiger partial charge in [0.1, 0.15) is 0 Å². The molecule has 2 aromatic rings. The first kappa shape index (κ1) is 13.5. The van der Waals surface area contributed by atoms with Crippen LogP contribution in [0.25, 0.3) is 0 Å². The third-order valence-electron chi connectivity index (χ3n) is 3.47. The lowest BCUT2D eigenvalue weighted by atomic mass is 10.0. The number of para-hydroxylation sites is 1. The highest BCUT2D eigenvalue weighted by Crippen LogP contribution is 2.29. The molecule has 3 N–H and O–H groups in total. The molecule has 0 amide bonds. The van der Waals surface area contributed by atoms with Gasteiger partial charge < -0.3 is 11.1 Å². The van der Waals surface area contributed by atoms with Crippen molar-refractivity contribution in [1.82, 2.24) is 0 Å². The lowest BCUT2D eigenvalue weighted by Gasteiger charge is -2.17. The van der Waals surface area contributed by atoms with Crippen LogP contribution in [0.4, 0.5) is 17.1 Å². The standard InChI is InChI=1S/C17H22N2/c1-4-13-7-6-8-14(5-2)17(13)19-16-11-12(3)9-10-15(16)18/h6-11,19H,4-5,18H2,1-3H3. The molecule has 0 atom stereocenters. The van der Waals surface area contributed by atoms with Crippen LogP contribution >= 0.6 is 0 Å². The van der Waals surface area contributed by atoms with Gasteiger partial charge in [0.2, 0.25) is 0 Å². The van der Waals surface area contributed by atoms with E-state index in [0.29, 0.717) is 0 Å². The molecule has 0 bridgehead atoms. The van der Waals surface area contributed by atoms with Crippen LogP contribution in [0.15, 0.2) is 36.4 Å². The van der Waals surface area contributed by atoms with Gasteiger partial charge in [-0.3, -0.25) is 0 Å². The highest BCUT2D eigenvalue weighted by Gasteiger charge is 2.08. The molecule has 2 rings (SSSR count). The summed E-state index contributed by atoms with van der Waals surface area (Å²) in [6.45, 7) is 6.44. The van der Waals surface area contributed by atoms with Crippen LogP contribution in [0, 0.1) is 6.92 Å². The second kappa shape index (κ2) is 5.79. The molecular formula is C17H22N2. The first-order valence-electron chi connectivity index (χ1n) is 6.89. The van der Waals surface area contributed by atoms with E-state index in [2.05, 4.69) is 50.4 Å². The number of anilines is 3. The minimum absolute atomic E-state index is 0.790. The average Bonchev–Trinajstić information content (AvgIpc) is 2.43. The maximum atomic E-state index is 6.06. The van der Waals surface area contributed by atoms with Crippen molar-refractivity contribution in [3.8, 4) is 0 Å². The van der Waals surface area contributed by atoms with E-state index in [-0.39, 0.29) is 0 Å². The summed E-state index contributed by atoms with van der Waals surface area (Å²) in [5.41, 5.74) is 12.9. The lowest BCUT2D eigenvalue weighted by molar-refractivity contribution is 1.09. The Hall–Kier alpha value is -1.96. The summed E-state index contributed by atoms with van der Waals surface area (Å²) in [5, 5.41) is 3.53. The molecule has 0 heterocycles. The van der Waals surface area contributed by atoms with E-state index >= 15 is 0 Å². The molecule has 0 saturated carbocycles. The van der Waals surface area contributed by atoms with Crippen LogP contribution in [0.2, 0.25) is 0 Å². The van der Waals surface area contributed by atoms with Crippen molar-refractivity contribution in [3.63, 3.8) is 0 Å². The SMILES string of the molecule is CCc1cccc(CC)c1Nc1cc(C)ccc1N. The van der Waals surface area contributed by atoms with Crippen molar-refractivity contribution in [3.05, 3.63) is 53.1 Å². The van der Waals surface area contributed by atoms with E-state index in [1.165, 1.54) is 22.4 Å². The van der Waals surface area contributed by atoms with Crippen LogP contribution in [0.1, 0.15) is 30.5 Å². The molecule has 100 valence electrons. The Morgan fingerprint density at radius 2 is 1.63 bits per heavy atom. The zero-order valence-electron chi connectivity index (χ0n) is 12.0. The normalized spacial score (nSPS) is 10.5. The first-order valence-corrected chi connectivity index (χ1v) is 6.89. The van der Waals surface area contributed by atoms with Crippen LogP contribution in [0.3, 0.4) is 0 Å². The lowest BCUT2D eigenvalue weighted by Crippen LogP contribution is -2.02. The molecule has 0 spiro atoms. The molecule has 0 radical (unpaired) electrons. The third kappa shape index (κ3) is 2.90. The summed E-state index contributed by atoms with van der Waals surface area (Å²) < 4.78 is 0. The molecule has 0 aromatic heterocycles. The molecule has 2 heteroatoms. The fourth-order valence-corrected chi connectivity index (χ4v) is 2.32. The number of nitrogen functional groups attached to an aromatic ring is 1. The first-order chi connectivity index (χ1) is 9.15. The molecule has 0 aliphatic rings. The molecule has 0 unspecified atom stereocenters. The van der Waals surface area contributed by atoms with Gasteiger partial charge in [-0.25, -0.2) is 0 Å². The number of nitrogens with two attached hydrogens (primary N) is 1. The third-order valence-corrected chi connectivity index (χ3v) is 3.47. The maximum Gasteiger partial charge on any atom is 0.0620 e. The summed E-state index contributed by atoms with van der Waals surface area (Å²) in [5.74, 6) is 0. The number of hydrogen-bond donors (Lipinski definition) is 2. The van der Waals surface area contributed by atoms with E-state index in [9.17, 15) is 0 Å². The minimum Gasteiger partial charge on any atom is -0.397 e. The van der Waals surface area contributed by atoms with Gasteiger partial charge in [0.05, 0.1) is 11.4 Å². The zero-order chi connectivity index (χ0) is 13.8. The van der Waals surface area contributed by atoms with Crippen LogP contribution in [-0.4, -0.2) is 0 Å². The fraction of sp³-hybridized carbons (Fsp3) is 0.294. The van der Waals surface area contributed by atoms with Gasteiger partial charge in [-0.1, -0.05) is 38.1 Å². The summed E-state index contributed by atoms with van der Waals surface area (Å²) in [6, 6.07) is 12.6. The number of hydrogen-bond acceptors (Lipinski definition) is 2. The summed E-state index contributed by atoms with van der Waals surface area (Å²) in [7, 11) is 0. The summed E-state index contributed by atoms with van der Waals surface area (Å²) >= 11 is 0. The molecular weight excluding hydrogens is 232 g/mol. The molecule has 0 fully saturated rings. The van der Waals surface area contributed by atoms with E-state index in [1.807, 2.05) is 12.1 Å². The summed E-state index contributed by atoms with van der Waals surface area (Å²) in [4.78, 5) is 0. The van der Waals surface area contributed by atoms with Crippen LogP contribution in [-0.2, 0) is 12.8 Å². The number of aryl methyl sites for hydroxylation is 3. The number of benzene rings is 2. The van der Waals surface area contributed by atoms with Gasteiger partial charge in [0, 0.05) is 5.69 Å². The Balaban J connectivity index is 2.45. The van der Waals surface area contributed by atoms with Gasteiger partial charge in [-0.15, -0.1) is 0 Å². The van der Waals surface area contributed by atoms with Gasteiger partial charge in [-0.05, 0) is 48.6 Å². The molecule has 2 aromatic carbocycles. The monoisotopic (exact) mass is 254 g/mol. The van der Waals surface area contributed by atoms with E-state index in [1.54, 1.807) is 0 Å². The molecule has 0 saturated heterocycles. The smallest absolute Gasteiger partial charge is 0.0620 e. The Morgan fingerprint density at radius 3 is 2.21 bits per heavy atom. The highest BCUT2D eigenvalue weighted by atomic mass is 14.9. The van der Waals surface area contributed by atoms with Crippen molar-refractivity contribution in [2.75, 3.05) is 11.1 Å². The predicted octanol–water partition coefficient (Wildman–Crippen LogP) is 4.45. The average molecular weight is 254 g/mol. The van der Waals surface area contributed by atoms with Crippen molar-refractivity contribution in [2.24, 2.45) is 0 Å². The van der Waals surface area contributed by atoms with Crippen molar-refractivity contribution >= 4 is 17.1 Å². The van der Waals surface area contributed by atoms with Crippen molar-refractivity contribution in [1.29, 1.82) is 0 Å². The van der Waals surface area contributed by atoms with Gasteiger partial charge >= 0.3 is 0 Å². The quantitative estimate of drug-likeness (QED) is 0.791. The molecule has 0 aliphatic heterocycles. The Labute approximate surface area is 115 Å². The van der Waals surface area contributed by atoms with Gasteiger partial charge in [-0.2, -0.15) is 0 Å². The van der Waals surface area contributed by atoms with Gasteiger partial charge in [0.15, 0.2) is 0 Å². The Kier molecular flexibility index (Phi) is 4.10. The number of rotatable bonds is 4. The van der Waals surface area contributed by atoms with Crippen LogP contribution in [0.5, 0.6) is 0 Å². The highest BCUT2D eigenvalue weighted by molar-refractivity contribution is 5.76. The second-order valence-corrected chi connectivity index (χ2v) is 4.87. The topological polar surface area (TPSA) is 38.0 Å². The zero-order valence-corrected chi connectivity index (χ0v) is 12.0. The largest absolute Gasteiger partial charge is 0.397 e. The van der Waals surface area contributed by atoms with E-state index in [0.717, 1.165) is 24.2 Å². The van der Waals surface area contributed by atoms with Gasteiger partial charge in [0.25, 0.3) is 0 Å². The molecule has 0 aliphatic carbocycles. The van der Waals surface area contributed by atoms with Crippen molar-refractivity contribution < 1.29 is 0 Å². The van der Waals surface area contributed by atoms with Crippen molar-refractivity contribution in [2.45, 2.75) is 33.6 Å². The summed E-state index contributed by atoms with van der Waals surface area (Å²) in [6.07, 6.45) is 2.03. The molecule has 2 nitrogen and oxygen atoms in total. The Bertz CT molecular complexity index is 551. The molecule has 19 heavy (non-hydrogen) atoms. The van der Waals surface area contributed by atoms with E-state index in [4.69, 9.17) is 5.73 Å². The van der Waals surface area contributed by atoms with E-state index < -0.39 is 0 Å². The minimum atomic E-state index is 0.790. The maximum absolute atomic E-state index is 6.06. The van der Waals surface area contributed by atoms with Crippen LogP contribution < -0.4 is 11.1 Å². The fourth-order valence-electron chi connectivity index (χ4n) is 2.32. The second-order valence-electron chi connectivity index (χ2n) is 4.87. The number of nitrogens with one attached hydrogen (secondary N) is 1. The Morgan fingerprint density at radius 1 is 1.00 bits per heavy atom.